The number of alkyl halides is 3. The number of rotatable bonds is 3. The predicted octanol–water partition coefficient (Wildman–Crippen LogP) is 5.56. The molecule has 1 heterocycles. The summed E-state index contributed by atoms with van der Waals surface area (Å²) < 4.78 is 38.8. The molecule has 0 spiro atoms. The molecule has 0 radical (unpaired) electrons. The third-order valence-corrected chi connectivity index (χ3v) is 3.88. The number of hydrogen-bond donors (Lipinski definition) is 1. The monoisotopic (exact) mass is 376 g/mol. The van der Waals surface area contributed by atoms with Crippen LogP contribution in [0.15, 0.2) is 60.8 Å². The minimum Gasteiger partial charge on any atom is -0.322 e. The van der Waals surface area contributed by atoms with Gasteiger partial charge in [-0.2, -0.15) is 13.2 Å². The van der Waals surface area contributed by atoms with Crippen molar-refractivity contribution in [3.63, 3.8) is 0 Å². The second-order valence-electron chi connectivity index (χ2n) is 5.46. The van der Waals surface area contributed by atoms with Crippen molar-refractivity contribution < 1.29 is 18.0 Å². The molecule has 0 saturated heterocycles. The lowest BCUT2D eigenvalue weighted by Gasteiger charge is -2.10. The number of fused-ring (bicyclic) bond motifs is 1. The first-order valence-corrected chi connectivity index (χ1v) is 7.91. The van der Waals surface area contributed by atoms with Crippen LogP contribution in [0.3, 0.4) is 0 Å². The van der Waals surface area contributed by atoms with Gasteiger partial charge in [0.1, 0.15) is 0 Å². The van der Waals surface area contributed by atoms with Gasteiger partial charge in [0.25, 0.3) is 0 Å². The number of nitrogens with one attached hydrogen (secondary N) is 1. The van der Waals surface area contributed by atoms with Crippen molar-refractivity contribution >= 4 is 40.2 Å². The number of aromatic nitrogens is 1. The van der Waals surface area contributed by atoms with E-state index in [2.05, 4.69) is 10.3 Å². The first-order chi connectivity index (χ1) is 12.3. The van der Waals surface area contributed by atoms with Crippen LogP contribution in [-0.4, -0.2) is 10.9 Å². The molecular formula is C19H12ClF3N2O. The second-order valence-corrected chi connectivity index (χ2v) is 5.90. The Morgan fingerprint density at radius 1 is 1.08 bits per heavy atom. The maximum Gasteiger partial charge on any atom is 0.416 e. The molecule has 0 aliphatic heterocycles. The lowest BCUT2D eigenvalue weighted by molar-refractivity contribution is -0.137. The first-order valence-electron chi connectivity index (χ1n) is 7.53. The summed E-state index contributed by atoms with van der Waals surface area (Å²) in [7, 11) is 0. The molecule has 0 saturated carbocycles. The highest BCUT2D eigenvalue weighted by Gasteiger charge is 2.30. The average molecular weight is 377 g/mol. The van der Waals surface area contributed by atoms with E-state index >= 15 is 0 Å². The Labute approximate surface area is 152 Å². The highest BCUT2D eigenvalue weighted by Crippen LogP contribution is 2.33. The number of carbonyl (C=O) groups is 1. The van der Waals surface area contributed by atoms with Crippen LogP contribution in [0.1, 0.15) is 11.1 Å². The van der Waals surface area contributed by atoms with E-state index in [0.717, 1.165) is 17.7 Å². The van der Waals surface area contributed by atoms with E-state index in [-0.39, 0.29) is 11.1 Å². The Kier molecular flexibility index (Phi) is 4.95. The van der Waals surface area contributed by atoms with Crippen LogP contribution in [0.2, 0.25) is 5.02 Å². The molecule has 1 N–H and O–H groups in total. The summed E-state index contributed by atoms with van der Waals surface area (Å²) in [6, 6.07) is 11.5. The minimum absolute atomic E-state index is 0.218. The molecule has 0 aliphatic carbocycles. The van der Waals surface area contributed by atoms with Crippen molar-refractivity contribution in [2.45, 2.75) is 6.18 Å². The van der Waals surface area contributed by atoms with Crippen LogP contribution in [-0.2, 0) is 11.0 Å². The van der Waals surface area contributed by atoms with Gasteiger partial charge in [-0.3, -0.25) is 9.78 Å². The quantitative estimate of drug-likeness (QED) is 0.608. The number of benzene rings is 2. The molecule has 0 bridgehead atoms. The largest absolute Gasteiger partial charge is 0.416 e. The third kappa shape index (κ3) is 4.21. The number of halogens is 4. The van der Waals surface area contributed by atoms with Gasteiger partial charge in [0.2, 0.25) is 5.91 Å². The molecule has 3 rings (SSSR count). The van der Waals surface area contributed by atoms with Gasteiger partial charge in [-0.1, -0.05) is 23.7 Å². The number of anilines is 1. The predicted molar refractivity (Wildman–Crippen MR) is 95.9 cm³/mol. The molecule has 3 aromatic rings. The molecule has 132 valence electrons. The van der Waals surface area contributed by atoms with E-state index < -0.39 is 17.6 Å². The molecule has 2 aromatic carbocycles. The number of pyridine rings is 1. The Morgan fingerprint density at radius 3 is 2.50 bits per heavy atom. The van der Waals surface area contributed by atoms with Crippen molar-refractivity contribution in [3.8, 4) is 0 Å². The van der Waals surface area contributed by atoms with Crippen molar-refractivity contribution in [2.75, 3.05) is 5.32 Å². The summed E-state index contributed by atoms with van der Waals surface area (Å²) >= 11 is 5.79. The molecule has 1 aromatic heterocycles. The van der Waals surface area contributed by atoms with Crippen LogP contribution in [0.5, 0.6) is 0 Å². The second kappa shape index (κ2) is 7.17. The fraction of sp³-hybridized carbons (Fsp3) is 0.0526. The first kappa shape index (κ1) is 17.9. The standard InChI is InChI=1S/C19H12ClF3N2O/c20-14-5-1-12(2-6-14)3-8-18(26)25-17-9-10-24-16-7-4-13(11-15(16)17)19(21,22)23/h1-11H,(H,24,25,26)/b8-3+. The van der Waals surface area contributed by atoms with Gasteiger partial charge in [0.05, 0.1) is 16.8 Å². The Balaban J connectivity index is 1.85. The van der Waals surface area contributed by atoms with Crippen LogP contribution in [0.4, 0.5) is 18.9 Å². The van der Waals surface area contributed by atoms with Gasteiger partial charge in [-0.05, 0) is 48.0 Å². The molecule has 0 unspecified atom stereocenters. The van der Waals surface area contributed by atoms with Gasteiger partial charge in [-0.15, -0.1) is 0 Å². The normalized spacial score (nSPS) is 11.8. The number of hydrogen-bond acceptors (Lipinski definition) is 2. The zero-order chi connectivity index (χ0) is 18.7. The maximum atomic E-state index is 12.9. The van der Waals surface area contributed by atoms with Gasteiger partial charge in [0, 0.05) is 22.7 Å². The molecular weight excluding hydrogens is 365 g/mol. The van der Waals surface area contributed by atoms with Gasteiger partial charge in [0.15, 0.2) is 0 Å². The topological polar surface area (TPSA) is 42.0 Å². The Hall–Kier alpha value is -2.86. The molecule has 0 fully saturated rings. The Morgan fingerprint density at radius 2 is 1.81 bits per heavy atom. The van der Waals surface area contributed by atoms with Crippen molar-refractivity contribution in [1.29, 1.82) is 0 Å². The van der Waals surface area contributed by atoms with E-state index in [4.69, 9.17) is 11.6 Å². The minimum atomic E-state index is -4.47. The number of carbonyl (C=O) groups excluding carboxylic acids is 1. The molecule has 3 nitrogen and oxygen atoms in total. The van der Waals surface area contributed by atoms with E-state index in [0.29, 0.717) is 10.5 Å². The molecule has 0 aliphatic rings. The summed E-state index contributed by atoms with van der Waals surface area (Å²) in [4.78, 5) is 16.1. The number of amides is 1. The van der Waals surface area contributed by atoms with Crippen molar-refractivity contribution in [1.82, 2.24) is 4.98 Å². The maximum absolute atomic E-state index is 12.9. The van der Waals surface area contributed by atoms with Crippen LogP contribution >= 0.6 is 11.6 Å². The summed E-state index contributed by atoms with van der Waals surface area (Å²) in [5, 5.41) is 3.38. The van der Waals surface area contributed by atoms with Crippen molar-refractivity contribution in [2.24, 2.45) is 0 Å². The summed E-state index contributed by atoms with van der Waals surface area (Å²) in [6.45, 7) is 0. The SMILES string of the molecule is O=C(/C=C/c1ccc(Cl)cc1)Nc1ccnc2ccc(C(F)(F)F)cc12. The smallest absolute Gasteiger partial charge is 0.322 e. The van der Waals surface area contributed by atoms with Crippen LogP contribution in [0.25, 0.3) is 17.0 Å². The van der Waals surface area contributed by atoms with Crippen LogP contribution < -0.4 is 5.32 Å². The van der Waals surface area contributed by atoms with E-state index in [1.165, 1.54) is 24.4 Å². The highest BCUT2D eigenvalue weighted by atomic mass is 35.5. The molecule has 1 amide bonds. The zero-order valence-electron chi connectivity index (χ0n) is 13.2. The molecule has 26 heavy (non-hydrogen) atoms. The molecule has 7 heteroatoms. The van der Waals surface area contributed by atoms with Gasteiger partial charge >= 0.3 is 6.18 Å². The average Bonchev–Trinajstić information content (AvgIpc) is 2.60. The summed E-state index contributed by atoms with van der Waals surface area (Å²) in [5.74, 6) is -0.468. The fourth-order valence-corrected chi connectivity index (χ4v) is 2.48. The van der Waals surface area contributed by atoms with E-state index in [1.807, 2.05) is 0 Å². The van der Waals surface area contributed by atoms with E-state index in [9.17, 15) is 18.0 Å². The lowest BCUT2D eigenvalue weighted by atomic mass is 10.1. The zero-order valence-corrected chi connectivity index (χ0v) is 14.0. The number of nitrogens with zero attached hydrogens (tertiary/aromatic N) is 1. The third-order valence-electron chi connectivity index (χ3n) is 3.62. The Bertz CT molecular complexity index is 982. The van der Waals surface area contributed by atoms with Crippen LogP contribution in [0, 0.1) is 0 Å². The lowest BCUT2D eigenvalue weighted by Crippen LogP contribution is -2.09. The summed E-state index contributed by atoms with van der Waals surface area (Å²) in [5.41, 5.74) is 0.582. The summed E-state index contributed by atoms with van der Waals surface area (Å²) in [6.07, 6.45) is -0.173. The molecule has 0 atom stereocenters. The van der Waals surface area contributed by atoms with E-state index in [1.54, 1.807) is 30.3 Å². The van der Waals surface area contributed by atoms with Gasteiger partial charge < -0.3 is 5.32 Å². The highest BCUT2D eigenvalue weighted by molar-refractivity contribution is 6.30. The van der Waals surface area contributed by atoms with Crippen molar-refractivity contribution in [3.05, 3.63) is 77.0 Å². The van der Waals surface area contributed by atoms with Gasteiger partial charge in [-0.25, -0.2) is 0 Å². The fourth-order valence-electron chi connectivity index (χ4n) is 2.35.